The van der Waals surface area contributed by atoms with Crippen molar-refractivity contribution >= 4 is 27.6 Å². The van der Waals surface area contributed by atoms with Crippen LogP contribution in [0.25, 0.3) is 0 Å². The molecule has 0 unspecified atom stereocenters. The van der Waals surface area contributed by atoms with E-state index in [1.54, 1.807) is 26.8 Å². The van der Waals surface area contributed by atoms with Crippen LogP contribution in [0.4, 0.5) is 18.9 Å². The minimum absolute atomic E-state index is 0.0484. The summed E-state index contributed by atoms with van der Waals surface area (Å²) in [5, 5.41) is 2.75. The quantitative estimate of drug-likeness (QED) is 0.462. The van der Waals surface area contributed by atoms with Crippen molar-refractivity contribution in [2.75, 3.05) is 17.4 Å². The number of esters is 1. The summed E-state index contributed by atoms with van der Waals surface area (Å²) >= 11 is 0. The molecule has 12 heteroatoms. The highest BCUT2D eigenvalue weighted by Gasteiger charge is 2.38. The third-order valence-corrected chi connectivity index (χ3v) is 7.37. The number of hydrogen-bond donors (Lipinski definition) is 1. The molecule has 1 atom stereocenters. The van der Waals surface area contributed by atoms with Gasteiger partial charge in [-0.3, -0.25) is 13.9 Å². The molecule has 2 aromatic rings. The van der Waals surface area contributed by atoms with Gasteiger partial charge in [0.05, 0.1) is 35.5 Å². The summed E-state index contributed by atoms with van der Waals surface area (Å²) in [6.45, 7) is 9.09. The van der Waals surface area contributed by atoms with Crippen molar-refractivity contribution in [3.05, 3.63) is 53.6 Å². The summed E-state index contributed by atoms with van der Waals surface area (Å²) in [5.41, 5.74) is -1.37. The van der Waals surface area contributed by atoms with Gasteiger partial charge >= 0.3 is 12.1 Å². The van der Waals surface area contributed by atoms with Crippen molar-refractivity contribution in [1.82, 2.24) is 5.32 Å². The highest BCUT2D eigenvalue weighted by atomic mass is 32.2. The van der Waals surface area contributed by atoms with Crippen molar-refractivity contribution in [3.63, 3.8) is 0 Å². The first kappa shape index (κ1) is 30.3. The Morgan fingerprint density at radius 1 is 1.13 bits per heavy atom. The van der Waals surface area contributed by atoms with Gasteiger partial charge < -0.3 is 14.8 Å². The summed E-state index contributed by atoms with van der Waals surface area (Å²) < 4.78 is 79.7. The zero-order valence-electron chi connectivity index (χ0n) is 22.5. The van der Waals surface area contributed by atoms with Gasteiger partial charge in [-0.05, 0) is 62.6 Å². The molecule has 0 saturated heterocycles. The lowest BCUT2D eigenvalue weighted by atomic mass is 10.1. The van der Waals surface area contributed by atoms with Gasteiger partial charge in [-0.2, -0.15) is 13.2 Å². The first-order chi connectivity index (χ1) is 18.0. The fourth-order valence-corrected chi connectivity index (χ4v) is 5.45. The number of carbonyl (C=O) groups excluding carboxylic acids is 2. The molecule has 0 radical (unpaired) electrons. The number of carbonyl (C=O) groups is 2. The highest BCUT2D eigenvalue weighted by Crippen LogP contribution is 2.39. The zero-order chi connectivity index (χ0) is 29.2. The van der Waals surface area contributed by atoms with Gasteiger partial charge in [-0.25, -0.2) is 8.42 Å². The van der Waals surface area contributed by atoms with E-state index in [4.69, 9.17) is 9.47 Å². The summed E-state index contributed by atoms with van der Waals surface area (Å²) in [7, 11) is -4.52. The third-order valence-electron chi connectivity index (χ3n) is 5.59. The zero-order valence-corrected chi connectivity index (χ0v) is 23.3. The number of hydrogen-bond acceptors (Lipinski definition) is 6. The van der Waals surface area contributed by atoms with Gasteiger partial charge in [0.25, 0.3) is 10.0 Å². The van der Waals surface area contributed by atoms with Crippen molar-refractivity contribution in [1.29, 1.82) is 0 Å². The predicted octanol–water partition coefficient (Wildman–Crippen LogP) is 4.71. The normalized spacial score (nSPS) is 15.9. The molecule has 3 rings (SSSR count). The van der Waals surface area contributed by atoms with E-state index in [1.165, 1.54) is 12.1 Å². The number of alkyl halides is 3. The van der Waals surface area contributed by atoms with Crippen LogP contribution in [0.15, 0.2) is 47.4 Å². The van der Waals surface area contributed by atoms with Crippen LogP contribution in [0, 0.1) is 5.92 Å². The molecule has 1 aliphatic heterocycles. The molecule has 0 fully saturated rings. The largest absolute Gasteiger partial charge is 0.486 e. The number of anilines is 1. The number of nitrogens with zero attached hydrogens (tertiary/aromatic N) is 1. The molecule has 2 aromatic carbocycles. The van der Waals surface area contributed by atoms with Crippen molar-refractivity contribution in [2.45, 2.75) is 70.2 Å². The minimum Gasteiger partial charge on any atom is -0.486 e. The second-order valence-corrected chi connectivity index (χ2v) is 12.6. The molecular weight excluding hydrogens is 537 g/mol. The molecular formula is C27H33F3N2O6S. The number of fused-ring (bicyclic) bond motifs is 1. The molecule has 1 N–H and O–H groups in total. The molecule has 0 saturated carbocycles. The number of benzene rings is 2. The first-order valence-corrected chi connectivity index (χ1v) is 13.9. The molecule has 0 aliphatic carbocycles. The summed E-state index contributed by atoms with van der Waals surface area (Å²) in [6.07, 6.45) is -5.97. The first-order valence-electron chi connectivity index (χ1n) is 12.4. The molecule has 1 heterocycles. The molecule has 39 heavy (non-hydrogen) atoms. The molecule has 1 amide bonds. The Morgan fingerprint density at radius 2 is 1.82 bits per heavy atom. The minimum atomic E-state index is -4.74. The van der Waals surface area contributed by atoms with Crippen LogP contribution in [-0.4, -0.2) is 45.1 Å². The van der Waals surface area contributed by atoms with Crippen LogP contribution in [-0.2, 0) is 36.9 Å². The van der Waals surface area contributed by atoms with E-state index >= 15 is 0 Å². The molecule has 0 bridgehead atoms. The Hall–Kier alpha value is -3.28. The predicted molar refractivity (Wildman–Crippen MR) is 139 cm³/mol. The van der Waals surface area contributed by atoms with Crippen molar-refractivity contribution in [3.8, 4) is 5.75 Å². The number of sulfonamides is 1. The third kappa shape index (κ3) is 8.11. The maximum Gasteiger partial charge on any atom is 0.416 e. The second-order valence-electron chi connectivity index (χ2n) is 10.8. The molecule has 214 valence electrons. The molecule has 0 spiro atoms. The lowest BCUT2D eigenvalue weighted by Crippen LogP contribution is -2.45. The maximum atomic E-state index is 13.7. The summed E-state index contributed by atoms with van der Waals surface area (Å²) in [4.78, 5) is 24.3. The maximum absolute atomic E-state index is 13.7. The monoisotopic (exact) mass is 570 g/mol. The standard InChI is InChI=1S/C27H33F3N2O6S/c1-17(2)15-31-24(33)14-20-16-32(39(35,36)21-8-6-7-19(13-21)27(28,29)30)22-11-18(9-10-23(22)37-20)12-25(34)38-26(3,4)5/h6-11,13,17,20H,12,14-16H2,1-5H3,(H,31,33)/t20-/m0/s1. The van der Waals surface area contributed by atoms with Crippen molar-refractivity contribution < 1.29 is 40.7 Å². The summed E-state index contributed by atoms with van der Waals surface area (Å²) in [5.74, 6) is -0.573. The molecule has 8 nitrogen and oxygen atoms in total. The van der Waals surface area contributed by atoms with Gasteiger partial charge in [0, 0.05) is 6.54 Å². The van der Waals surface area contributed by atoms with E-state index in [1.807, 2.05) is 13.8 Å². The topological polar surface area (TPSA) is 102 Å². The van der Waals surface area contributed by atoms with Crippen LogP contribution in [0.3, 0.4) is 0 Å². The fourth-order valence-electron chi connectivity index (χ4n) is 3.90. The Balaban J connectivity index is 2.00. The number of nitrogens with one attached hydrogen (secondary N) is 1. The van der Waals surface area contributed by atoms with Gasteiger partial charge in [0.1, 0.15) is 17.5 Å². The Labute approximate surface area is 226 Å². The van der Waals surface area contributed by atoms with E-state index < -0.39 is 44.3 Å². The van der Waals surface area contributed by atoms with Crippen LogP contribution in [0.5, 0.6) is 5.75 Å². The number of ether oxygens (including phenoxy) is 2. The van der Waals surface area contributed by atoms with Crippen LogP contribution >= 0.6 is 0 Å². The average Bonchev–Trinajstić information content (AvgIpc) is 2.80. The van der Waals surface area contributed by atoms with E-state index in [-0.39, 0.29) is 42.6 Å². The van der Waals surface area contributed by atoms with Gasteiger partial charge in [-0.1, -0.05) is 26.0 Å². The SMILES string of the molecule is CC(C)CNC(=O)C[C@H]1CN(S(=O)(=O)c2cccc(C(F)(F)F)c2)c2cc(CC(=O)OC(C)(C)C)ccc2O1. The Bertz CT molecular complexity index is 1320. The van der Waals surface area contributed by atoms with Gasteiger partial charge in [-0.15, -0.1) is 0 Å². The van der Waals surface area contributed by atoms with E-state index in [9.17, 15) is 31.2 Å². The summed E-state index contributed by atoms with van der Waals surface area (Å²) in [6, 6.07) is 7.92. The Morgan fingerprint density at radius 3 is 2.44 bits per heavy atom. The van der Waals surface area contributed by atoms with Crippen molar-refractivity contribution in [2.24, 2.45) is 5.92 Å². The van der Waals surface area contributed by atoms with E-state index in [0.29, 0.717) is 18.2 Å². The van der Waals surface area contributed by atoms with Crippen LogP contribution in [0.2, 0.25) is 0 Å². The lowest BCUT2D eigenvalue weighted by molar-refractivity contribution is -0.154. The second kappa shape index (κ2) is 11.4. The lowest BCUT2D eigenvalue weighted by Gasteiger charge is -2.35. The van der Waals surface area contributed by atoms with Crippen LogP contribution in [0.1, 0.15) is 52.2 Å². The van der Waals surface area contributed by atoms with Gasteiger partial charge in [0.2, 0.25) is 5.91 Å². The smallest absolute Gasteiger partial charge is 0.416 e. The van der Waals surface area contributed by atoms with Crippen LogP contribution < -0.4 is 14.4 Å². The fraction of sp³-hybridized carbons (Fsp3) is 0.481. The average molecular weight is 571 g/mol. The number of rotatable bonds is 8. The van der Waals surface area contributed by atoms with Gasteiger partial charge in [0.15, 0.2) is 0 Å². The molecule has 0 aromatic heterocycles. The number of halogens is 3. The van der Waals surface area contributed by atoms with E-state index in [0.717, 1.165) is 22.5 Å². The highest BCUT2D eigenvalue weighted by molar-refractivity contribution is 7.92. The molecule has 1 aliphatic rings. The Kier molecular flexibility index (Phi) is 8.88. The van der Waals surface area contributed by atoms with E-state index in [2.05, 4.69) is 5.32 Å². The number of amides is 1.